The lowest BCUT2D eigenvalue weighted by atomic mass is 10.0. The number of nitrogens with one attached hydrogen (secondary N) is 1. The van der Waals surface area contributed by atoms with E-state index in [4.69, 9.17) is 4.74 Å². The van der Waals surface area contributed by atoms with Crippen LogP contribution in [0, 0.1) is 0 Å². The molecule has 0 fully saturated rings. The Balaban J connectivity index is 1.72. The number of ether oxygens (including phenoxy) is 1. The number of aromatic nitrogens is 4. The van der Waals surface area contributed by atoms with Gasteiger partial charge in [0, 0.05) is 23.5 Å². The molecule has 2 aromatic carbocycles. The van der Waals surface area contributed by atoms with E-state index in [1.807, 2.05) is 24.3 Å². The average Bonchev–Trinajstić information content (AvgIpc) is 2.74. The molecule has 4 rings (SSSR count). The van der Waals surface area contributed by atoms with Crippen molar-refractivity contribution >= 4 is 0 Å². The Labute approximate surface area is 160 Å². The maximum Gasteiger partial charge on any atom is 0.345 e. The Hall–Kier alpha value is -4.00. The second kappa shape index (κ2) is 7.32. The minimum Gasteiger partial charge on any atom is -0.504 e. The fourth-order valence-corrected chi connectivity index (χ4v) is 2.87. The van der Waals surface area contributed by atoms with Gasteiger partial charge in [-0.05, 0) is 29.8 Å². The van der Waals surface area contributed by atoms with E-state index in [1.54, 1.807) is 36.8 Å². The minimum atomic E-state index is -0.461. The molecule has 7 nitrogen and oxygen atoms in total. The van der Waals surface area contributed by atoms with Crippen LogP contribution in [0.1, 0.15) is 0 Å². The summed E-state index contributed by atoms with van der Waals surface area (Å²) < 4.78 is 5.13. The smallest absolute Gasteiger partial charge is 0.345 e. The maximum absolute atomic E-state index is 12.1. The number of aromatic hydroxyl groups is 1. The van der Waals surface area contributed by atoms with Gasteiger partial charge in [0.25, 0.3) is 0 Å². The van der Waals surface area contributed by atoms with Gasteiger partial charge in [0.1, 0.15) is 0 Å². The highest BCUT2D eigenvalue weighted by Crippen LogP contribution is 2.31. The van der Waals surface area contributed by atoms with E-state index in [-0.39, 0.29) is 5.75 Å². The standard InChI is InChI=1S/C21H16N4O3/c1-28-20-10-15(6-7-19(20)26)17-11-16(24-21(27)25-17)13-2-4-14(5-3-13)18-12-22-8-9-23-18/h2-12,26H,1H3,(H,24,25,27). The molecule has 0 radical (unpaired) electrons. The summed E-state index contributed by atoms with van der Waals surface area (Å²) in [5, 5.41) is 9.77. The fourth-order valence-electron chi connectivity index (χ4n) is 2.87. The third kappa shape index (κ3) is 3.45. The van der Waals surface area contributed by atoms with Crippen molar-refractivity contribution < 1.29 is 9.84 Å². The molecule has 0 aliphatic carbocycles. The molecule has 2 aromatic heterocycles. The molecule has 0 saturated carbocycles. The predicted molar refractivity (Wildman–Crippen MR) is 105 cm³/mol. The van der Waals surface area contributed by atoms with E-state index >= 15 is 0 Å². The minimum absolute atomic E-state index is 0.0240. The Bertz CT molecular complexity index is 1170. The summed E-state index contributed by atoms with van der Waals surface area (Å²) in [6.45, 7) is 0. The lowest BCUT2D eigenvalue weighted by Crippen LogP contribution is -2.12. The largest absolute Gasteiger partial charge is 0.504 e. The summed E-state index contributed by atoms with van der Waals surface area (Å²) in [5.41, 5.74) is 3.85. The Morgan fingerprint density at radius 1 is 0.929 bits per heavy atom. The van der Waals surface area contributed by atoms with Gasteiger partial charge in [0.05, 0.1) is 30.4 Å². The predicted octanol–water partition coefficient (Wildman–Crippen LogP) is 3.28. The van der Waals surface area contributed by atoms with Crippen molar-refractivity contribution in [2.45, 2.75) is 0 Å². The summed E-state index contributed by atoms with van der Waals surface area (Å²) in [6, 6.07) is 14.2. The van der Waals surface area contributed by atoms with E-state index < -0.39 is 5.69 Å². The van der Waals surface area contributed by atoms with Crippen molar-refractivity contribution in [3.63, 3.8) is 0 Å². The fraction of sp³-hybridized carbons (Fsp3) is 0.0476. The van der Waals surface area contributed by atoms with Gasteiger partial charge in [0.15, 0.2) is 11.5 Å². The summed E-state index contributed by atoms with van der Waals surface area (Å²) in [7, 11) is 1.47. The first-order valence-corrected chi connectivity index (χ1v) is 8.49. The molecule has 0 spiro atoms. The third-order valence-corrected chi connectivity index (χ3v) is 4.27. The Morgan fingerprint density at radius 2 is 1.68 bits per heavy atom. The summed E-state index contributed by atoms with van der Waals surface area (Å²) in [5.74, 6) is 0.338. The number of rotatable bonds is 4. The second-order valence-electron chi connectivity index (χ2n) is 6.04. The number of methoxy groups -OCH3 is 1. The molecule has 0 bridgehead atoms. The highest BCUT2D eigenvalue weighted by Gasteiger charge is 2.09. The lowest BCUT2D eigenvalue weighted by molar-refractivity contribution is 0.373. The quantitative estimate of drug-likeness (QED) is 0.570. The topological polar surface area (TPSA) is 101 Å². The molecule has 28 heavy (non-hydrogen) atoms. The van der Waals surface area contributed by atoms with E-state index in [1.165, 1.54) is 13.2 Å². The Kier molecular flexibility index (Phi) is 4.55. The Morgan fingerprint density at radius 3 is 2.39 bits per heavy atom. The zero-order chi connectivity index (χ0) is 19.5. The van der Waals surface area contributed by atoms with Crippen LogP contribution in [0.15, 0.2) is 71.9 Å². The molecule has 4 aromatic rings. The number of phenols is 1. The third-order valence-electron chi connectivity index (χ3n) is 4.27. The van der Waals surface area contributed by atoms with Crippen LogP contribution in [-0.2, 0) is 0 Å². The van der Waals surface area contributed by atoms with Gasteiger partial charge in [-0.2, -0.15) is 4.98 Å². The molecule has 0 saturated heterocycles. The highest BCUT2D eigenvalue weighted by molar-refractivity contribution is 5.71. The van der Waals surface area contributed by atoms with Crippen LogP contribution >= 0.6 is 0 Å². The van der Waals surface area contributed by atoms with Crippen LogP contribution in [-0.4, -0.2) is 32.2 Å². The number of H-pyrrole nitrogens is 1. The first-order chi connectivity index (χ1) is 13.6. The number of hydrogen-bond donors (Lipinski definition) is 2. The summed E-state index contributed by atoms with van der Waals surface area (Å²) >= 11 is 0. The highest BCUT2D eigenvalue weighted by atomic mass is 16.5. The van der Waals surface area contributed by atoms with Gasteiger partial charge < -0.3 is 14.8 Å². The van der Waals surface area contributed by atoms with Gasteiger partial charge in [-0.3, -0.25) is 9.97 Å². The van der Waals surface area contributed by atoms with Crippen molar-refractivity contribution in [1.29, 1.82) is 0 Å². The first-order valence-electron chi connectivity index (χ1n) is 8.49. The molecular weight excluding hydrogens is 356 g/mol. The second-order valence-corrected chi connectivity index (χ2v) is 6.04. The number of phenolic OH excluding ortho intramolecular Hbond substituents is 1. The number of nitrogens with zero attached hydrogens (tertiary/aromatic N) is 3. The average molecular weight is 372 g/mol. The normalized spacial score (nSPS) is 10.6. The molecule has 0 aliphatic heterocycles. The van der Waals surface area contributed by atoms with Crippen LogP contribution < -0.4 is 10.4 Å². The SMILES string of the molecule is COc1cc(-c2cc(-c3ccc(-c4cnccn4)cc3)[nH]c(=O)n2)ccc1O. The van der Waals surface area contributed by atoms with Crippen molar-refractivity contribution in [2.75, 3.05) is 7.11 Å². The van der Waals surface area contributed by atoms with Crippen molar-refractivity contribution in [3.8, 4) is 45.3 Å². The van der Waals surface area contributed by atoms with Gasteiger partial charge >= 0.3 is 5.69 Å². The zero-order valence-corrected chi connectivity index (χ0v) is 15.0. The number of hydrogen-bond acceptors (Lipinski definition) is 6. The molecule has 2 N–H and O–H groups in total. The van der Waals surface area contributed by atoms with Crippen LogP contribution in [0.25, 0.3) is 33.8 Å². The van der Waals surface area contributed by atoms with Gasteiger partial charge in [-0.25, -0.2) is 4.79 Å². The van der Waals surface area contributed by atoms with E-state index in [9.17, 15) is 9.90 Å². The molecule has 138 valence electrons. The van der Waals surface area contributed by atoms with Gasteiger partial charge in [-0.1, -0.05) is 24.3 Å². The number of aromatic amines is 1. The van der Waals surface area contributed by atoms with Crippen molar-refractivity contribution in [1.82, 2.24) is 19.9 Å². The van der Waals surface area contributed by atoms with E-state index in [2.05, 4.69) is 19.9 Å². The zero-order valence-electron chi connectivity index (χ0n) is 15.0. The van der Waals surface area contributed by atoms with Crippen LogP contribution in [0.2, 0.25) is 0 Å². The van der Waals surface area contributed by atoms with Gasteiger partial charge in [0.2, 0.25) is 0 Å². The molecule has 0 aliphatic rings. The number of benzene rings is 2. The summed E-state index contributed by atoms with van der Waals surface area (Å²) in [6.07, 6.45) is 4.96. The molecule has 0 atom stereocenters. The molecule has 0 amide bonds. The van der Waals surface area contributed by atoms with Crippen LogP contribution in [0.4, 0.5) is 0 Å². The summed E-state index contributed by atoms with van der Waals surface area (Å²) in [4.78, 5) is 27.2. The van der Waals surface area contributed by atoms with Gasteiger partial charge in [-0.15, -0.1) is 0 Å². The molecule has 0 unspecified atom stereocenters. The molecule has 2 heterocycles. The molecule has 7 heteroatoms. The van der Waals surface area contributed by atoms with Crippen molar-refractivity contribution in [2.24, 2.45) is 0 Å². The first kappa shape index (κ1) is 17.4. The van der Waals surface area contributed by atoms with Crippen molar-refractivity contribution in [3.05, 3.63) is 77.6 Å². The lowest BCUT2D eigenvalue weighted by Gasteiger charge is -2.08. The van der Waals surface area contributed by atoms with E-state index in [0.717, 1.165) is 16.8 Å². The monoisotopic (exact) mass is 372 g/mol. The molecular formula is C21H16N4O3. The van der Waals surface area contributed by atoms with Crippen LogP contribution in [0.5, 0.6) is 11.5 Å². The van der Waals surface area contributed by atoms with E-state index in [0.29, 0.717) is 22.7 Å². The van der Waals surface area contributed by atoms with Crippen LogP contribution in [0.3, 0.4) is 0 Å². The maximum atomic E-state index is 12.1.